The second-order valence-corrected chi connectivity index (χ2v) is 9.33. The van der Waals surface area contributed by atoms with E-state index in [0.717, 1.165) is 36.2 Å². The Balaban J connectivity index is 1.50. The molecule has 1 heterocycles. The maximum Gasteiger partial charge on any atom is 0.230 e. The summed E-state index contributed by atoms with van der Waals surface area (Å²) in [5.41, 5.74) is 0. The van der Waals surface area contributed by atoms with E-state index in [-0.39, 0.29) is 5.91 Å². The molecule has 1 amide bonds. The largest absolute Gasteiger partial charge is 0.353 e. The van der Waals surface area contributed by atoms with Gasteiger partial charge in [-0.3, -0.25) is 4.79 Å². The molecule has 0 atom stereocenters. The summed E-state index contributed by atoms with van der Waals surface area (Å²) >= 11 is 1.50. The molecule has 1 N–H and O–H groups in total. The van der Waals surface area contributed by atoms with Gasteiger partial charge in [-0.15, -0.1) is 16.8 Å². The minimum absolute atomic E-state index is 0.119. The molecule has 1 aromatic rings. The predicted octanol–water partition coefficient (Wildman–Crippen LogP) is 4.91. The highest BCUT2D eigenvalue weighted by molar-refractivity contribution is 7.99. The number of carbonyl (C=O) groups is 1. The first-order valence-electron chi connectivity index (χ1n) is 11.2. The molecule has 28 heavy (non-hydrogen) atoms. The number of aryl methyl sites for hydroxylation is 1. The van der Waals surface area contributed by atoms with Gasteiger partial charge in [0.05, 0.1) is 5.75 Å². The summed E-state index contributed by atoms with van der Waals surface area (Å²) in [7, 11) is 0. The van der Waals surface area contributed by atoms with E-state index in [1.54, 1.807) is 0 Å². The van der Waals surface area contributed by atoms with Gasteiger partial charge in [0.2, 0.25) is 5.91 Å². The highest BCUT2D eigenvalue weighted by Gasteiger charge is 2.19. The molecule has 3 rings (SSSR count). The number of nitrogens with one attached hydrogen (secondary N) is 1. The van der Waals surface area contributed by atoms with E-state index in [1.807, 2.05) is 6.08 Å². The highest BCUT2D eigenvalue weighted by atomic mass is 32.2. The minimum Gasteiger partial charge on any atom is -0.353 e. The Morgan fingerprint density at radius 1 is 1.07 bits per heavy atom. The van der Waals surface area contributed by atoms with Crippen molar-refractivity contribution < 1.29 is 4.79 Å². The zero-order valence-electron chi connectivity index (χ0n) is 17.2. The van der Waals surface area contributed by atoms with Crippen molar-refractivity contribution in [1.29, 1.82) is 0 Å². The number of carbonyl (C=O) groups excluding carboxylic acids is 1. The maximum atomic E-state index is 12.4. The van der Waals surface area contributed by atoms with Gasteiger partial charge in [0.1, 0.15) is 5.82 Å². The zero-order valence-corrected chi connectivity index (χ0v) is 18.0. The van der Waals surface area contributed by atoms with Crippen LogP contribution in [0.1, 0.15) is 82.9 Å². The maximum absolute atomic E-state index is 12.4. The first-order valence-corrected chi connectivity index (χ1v) is 12.2. The Bertz CT molecular complexity index is 616. The number of nitrogens with zero attached hydrogens (tertiary/aromatic N) is 3. The lowest BCUT2D eigenvalue weighted by atomic mass is 9.86. The number of hydrogen-bond acceptors (Lipinski definition) is 4. The first kappa shape index (κ1) is 21.4. The third kappa shape index (κ3) is 6.64. The van der Waals surface area contributed by atoms with E-state index in [2.05, 4.69) is 26.7 Å². The van der Waals surface area contributed by atoms with Crippen LogP contribution in [0, 0.1) is 5.92 Å². The van der Waals surface area contributed by atoms with Crippen LogP contribution in [0.3, 0.4) is 0 Å². The van der Waals surface area contributed by atoms with Crippen LogP contribution in [-0.2, 0) is 17.8 Å². The summed E-state index contributed by atoms with van der Waals surface area (Å²) in [6.07, 6.45) is 18.2. The van der Waals surface area contributed by atoms with Gasteiger partial charge < -0.3 is 9.88 Å². The lowest BCUT2D eigenvalue weighted by molar-refractivity contribution is -0.119. The molecule has 0 radical (unpaired) electrons. The van der Waals surface area contributed by atoms with Crippen molar-refractivity contribution in [3.8, 4) is 0 Å². The van der Waals surface area contributed by atoms with Crippen LogP contribution in [0.5, 0.6) is 0 Å². The zero-order chi connectivity index (χ0) is 19.6. The van der Waals surface area contributed by atoms with E-state index in [4.69, 9.17) is 0 Å². The molecule has 2 aliphatic carbocycles. The van der Waals surface area contributed by atoms with E-state index < -0.39 is 0 Å². The van der Waals surface area contributed by atoms with E-state index in [0.29, 0.717) is 18.3 Å². The fourth-order valence-corrected chi connectivity index (χ4v) is 5.33. The van der Waals surface area contributed by atoms with Crippen LogP contribution in [0.25, 0.3) is 0 Å². The summed E-state index contributed by atoms with van der Waals surface area (Å²) in [5.74, 6) is 2.41. The summed E-state index contributed by atoms with van der Waals surface area (Å²) in [4.78, 5) is 12.4. The van der Waals surface area contributed by atoms with Crippen molar-refractivity contribution in [1.82, 2.24) is 20.1 Å². The van der Waals surface area contributed by atoms with Crippen LogP contribution in [0.4, 0.5) is 0 Å². The minimum atomic E-state index is 0.119. The molecule has 2 fully saturated rings. The van der Waals surface area contributed by atoms with E-state index in [1.165, 1.54) is 76.0 Å². The molecule has 5 nitrogen and oxygen atoms in total. The molecule has 2 saturated carbocycles. The van der Waals surface area contributed by atoms with Crippen LogP contribution < -0.4 is 5.32 Å². The molecule has 2 aliphatic rings. The van der Waals surface area contributed by atoms with Crippen LogP contribution in [0.15, 0.2) is 17.8 Å². The third-order valence-electron chi connectivity index (χ3n) is 6.16. The SMILES string of the molecule is C=CCn1c(CCC2CCCCC2)nnc1SCC(=O)NC1CCCCCC1. The van der Waals surface area contributed by atoms with Gasteiger partial charge in [-0.25, -0.2) is 0 Å². The monoisotopic (exact) mass is 404 g/mol. The van der Waals surface area contributed by atoms with E-state index in [9.17, 15) is 4.79 Å². The number of rotatable bonds is 9. The Morgan fingerprint density at radius 3 is 2.46 bits per heavy atom. The summed E-state index contributed by atoms with van der Waals surface area (Å²) in [5, 5.41) is 12.9. The molecule has 0 saturated heterocycles. The Labute approximate surface area is 174 Å². The van der Waals surface area contributed by atoms with Crippen LogP contribution >= 0.6 is 11.8 Å². The number of allylic oxidation sites excluding steroid dienone is 1. The van der Waals surface area contributed by atoms with Crippen LogP contribution in [-0.4, -0.2) is 32.5 Å². The predicted molar refractivity (Wildman–Crippen MR) is 115 cm³/mol. The fourth-order valence-electron chi connectivity index (χ4n) is 4.56. The van der Waals surface area contributed by atoms with Gasteiger partial charge in [-0.05, 0) is 25.2 Å². The first-order chi connectivity index (χ1) is 13.8. The normalized spacial score (nSPS) is 19.3. The van der Waals surface area contributed by atoms with Crippen molar-refractivity contribution in [2.24, 2.45) is 5.92 Å². The molecule has 0 unspecified atom stereocenters. The average molecular weight is 405 g/mol. The topological polar surface area (TPSA) is 59.8 Å². The molecule has 0 spiro atoms. The lowest BCUT2D eigenvalue weighted by Crippen LogP contribution is -2.35. The molecule has 0 aliphatic heterocycles. The Morgan fingerprint density at radius 2 is 1.75 bits per heavy atom. The molecular weight excluding hydrogens is 368 g/mol. The molecular formula is C22H36N4OS. The summed E-state index contributed by atoms with van der Waals surface area (Å²) in [6.45, 7) is 4.59. The van der Waals surface area contributed by atoms with Crippen molar-refractivity contribution >= 4 is 17.7 Å². The summed E-state index contributed by atoms with van der Waals surface area (Å²) in [6, 6.07) is 0.354. The van der Waals surface area contributed by atoms with Crippen molar-refractivity contribution in [2.75, 3.05) is 5.75 Å². The quantitative estimate of drug-likeness (QED) is 0.361. The Hall–Kier alpha value is -1.30. The number of hydrogen-bond donors (Lipinski definition) is 1. The van der Waals surface area contributed by atoms with Crippen molar-refractivity contribution in [2.45, 2.75) is 101 Å². The average Bonchev–Trinajstić information content (AvgIpc) is 2.91. The van der Waals surface area contributed by atoms with Gasteiger partial charge in [0.15, 0.2) is 5.16 Å². The molecule has 6 heteroatoms. The van der Waals surface area contributed by atoms with Gasteiger partial charge in [-0.1, -0.05) is 75.6 Å². The standard InChI is InChI=1S/C22H36N4OS/c1-2-16-26-20(15-14-18-10-6-5-7-11-18)24-25-22(26)28-17-21(27)23-19-12-8-3-4-9-13-19/h2,18-19H,1,3-17H2,(H,23,27). The fraction of sp³-hybridized carbons (Fsp3) is 0.773. The summed E-state index contributed by atoms with van der Waals surface area (Å²) < 4.78 is 2.14. The number of thioether (sulfide) groups is 1. The van der Waals surface area contributed by atoms with Gasteiger partial charge >= 0.3 is 0 Å². The van der Waals surface area contributed by atoms with Gasteiger partial charge in [0.25, 0.3) is 0 Å². The second-order valence-electron chi connectivity index (χ2n) is 8.39. The highest BCUT2D eigenvalue weighted by Crippen LogP contribution is 2.28. The van der Waals surface area contributed by atoms with Gasteiger partial charge in [-0.2, -0.15) is 0 Å². The Kier molecular flexibility index (Phi) is 8.90. The van der Waals surface area contributed by atoms with Crippen molar-refractivity contribution in [3.05, 3.63) is 18.5 Å². The molecule has 0 aromatic carbocycles. The molecule has 1 aromatic heterocycles. The lowest BCUT2D eigenvalue weighted by Gasteiger charge is -2.21. The number of amides is 1. The third-order valence-corrected chi connectivity index (χ3v) is 7.13. The smallest absolute Gasteiger partial charge is 0.230 e. The molecule has 0 bridgehead atoms. The van der Waals surface area contributed by atoms with Crippen molar-refractivity contribution in [3.63, 3.8) is 0 Å². The van der Waals surface area contributed by atoms with Crippen LogP contribution in [0.2, 0.25) is 0 Å². The molecule has 156 valence electrons. The van der Waals surface area contributed by atoms with Gasteiger partial charge in [0, 0.05) is 19.0 Å². The second kappa shape index (κ2) is 11.6. The number of aromatic nitrogens is 3. The van der Waals surface area contributed by atoms with E-state index >= 15 is 0 Å².